The summed E-state index contributed by atoms with van der Waals surface area (Å²) in [5.74, 6) is -0.0657. The van der Waals surface area contributed by atoms with E-state index in [2.05, 4.69) is 27.9 Å². The average molecular weight is 594 g/mol. The molecule has 3 rings (SSSR count). The van der Waals surface area contributed by atoms with Crippen LogP contribution in [0.1, 0.15) is 11.1 Å². The molecule has 3 aromatic rings. The maximum atomic E-state index is 12.5. The van der Waals surface area contributed by atoms with Crippen LogP contribution >= 0.6 is 45.8 Å². The first kappa shape index (κ1) is 24.5. The van der Waals surface area contributed by atoms with Crippen LogP contribution < -0.4 is 10.1 Å². The maximum Gasteiger partial charge on any atom is 0.271 e. The molecular formula is C23H14Cl2IN3O4. The van der Waals surface area contributed by atoms with E-state index in [1.54, 1.807) is 36.4 Å². The summed E-state index contributed by atoms with van der Waals surface area (Å²) in [6.45, 7) is 0.246. The van der Waals surface area contributed by atoms with Crippen molar-refractivity contribution in [3.63, 3.8) is 0 Å². The number of nitrogens with zero attached hydrogens (tertiary/aromatic N) is 2. The lowest BCUT2D eigenvalue weighted by Crippen LogP contribution is -2.13. The minimum Gasteiger partial charge on any atom is -0.488 e. The SMILES string of the molecule is N#C/C(=C\c1ccc(OCc2ccc(Cl)cc2Cl)c(I)c1)C(=O)Nc1cccc([N+](=O)[O-])c1. The van der Waals surface area contributed by atoms with Crippen LogP contribution in [0, 0.1) is 25.0 Å². The van der Waals surface area contributed by atoms with E-state index in [1.165, 1.54) is 30.3 Å². The molecule has 1 amide bonds. The number of hydrogen-bond acceptors (Lipinski definition) is 5. The van der Waals surface area contributed by atoms with Gasteiger partial charge >= 0.3 is 0 Å². The van der Waals surface area contributed by atoms with Gasteiger partial charge in [0.25, 0.3) is 11.6 Å². The number of nitrogens with one attached hydrogen (secondary N) is 1. The normalized spacial score (nSPS) is 10.9. The quantitative estimate of drug-likeness (QED) is 0.109. The van der Waals surface area contributed by atoms with Crippen molar-refractivity contribution >= 4 is 69.2 Å². The maximum absolute atomic E-state index is 12.5. The Kier molecular flexibility index (Phi) is 8.27. The first-order valence-corrected chi connectivity index (χ1v) is 11.1. The summed E-state index contributed by atoms with van der Waals surface area (Å²) in [4.78, 5) is 22.8. The third-order valence-electron chi connectivity index (χ3n) is 4.35. The predicted molar refractivity (Wildman–Crippen MR) is 135 cm³/mol. The Hall–Kier alpha value is -3.13. The van der Waals surface area contributed by atoms with E-state index >= 15 is 0 Å². The highest BCUT2D eigenvalue weighted by molar-refractivity contribution is 14.1. The van der Waals surface area contributed by atoms with E-state index in [9.17, 15) is 20.2 Å². The third-order valence-corrected chi connectivity index (χ3v) is 5.78. The van der Waals surface area contributed by atoms with Gasteiger partial charge in [-0.05, 0) is 64.6 Å². The number of amides is 1. The number of anilines is 1. The summed E-state index contributed by atoms with van der Waals surface area (Å²) in [7, 11) is 0. The van der Waals surface area contributed by atoms with Gasteiger partial charge in [-0.15, -0.1) is 0 Å². The number of nitro benzene ring substituents is 1. The van der Waals surface area contributed by atoms with Crippen LogP contribution in [-0.4, -0.2) is 10.8 Å². The smallest absolute Gasteiger partial charge is 0.271 e. The number of nitriles is 1. The minimum atomic E-state index is -0.675. The highest BCUT2D eigenvalue weighted by Gasteiger charge is 2.13. The van der Waals surface area contributed by atoms with Gasteiger partial charge in [0.1, 0.15) is 24.0 Å². The summed E-state index contributed by atoms with van der Waals surface area (Å²) >= 11 is 14.2. The first-order valence-electron chi connectivity index (χ1n) is 9.30. The average Bonchev–Trinajstić information content (AvgIpc) is 2.78. The van der Waals surface area contributed by atoms with E-state index in [4.69, 9.17) is 27.9 Å². The molecular weight excluding hydrogens is 580 g/mol. The van der Waals surface area contributed by atoms with Crippen molar-refractivity contribution in [3.8, 4) is 11.8 Å². The second-order valence-electron chi connectivity index (χ2n) is 6.65. The summed E-state index contributed by atoms with van der Waals surface area (Å²) in [6.07, 6.45) is 1.43. The van der Waals surface area contributed by atoms with Crippen molar-refractivity contribution in [2.45, 2.75) is 6.61 Å². The minimum absolute atomic E-state index is 0.154. The van der Waals surface area contributed by atoms with Gasteiger partial charge in [-0.25, -0.2) is 0 Å². The van der Waals surface area contributed by atoms with E-state index in [-0.39, 0.29) is 23.6 Å². The Balaban J connectivity index is 1.72. The van der Waals surface area contributed by atoms with E-state index in [0.29, 0.717) is 21.4 Å². The fraction of sp³-hybridized carbons (Fsp3) is 0.0435. The lowest BCUT2D eigenvalue weighted by Gasteiger charge is -2.10. The molecule has 3 aromatic carbocycles. The first-order chi connectivity index (χ1) is 15.8. The van der Waals surface area contributed by atoms with Crippen molar-refractivity contribution in [2.75, 3.05) is 5.32 Å². The molecule has 166 valence electrons. The molecule has 0 saturated carbocycles. The second-order valence-corrected chi connectivity index (χ2v) is 8.65. The Morgan fingerprint density at radius 1 is 1.18 bits per heavy atom. The molecule has 0 heterocycles. The molecule has 10 heteroatoms. The number of rotatable bonds is 7. The summed E-state index contributed by atoms with van der Waals surface area (Å²) < 4.78 is 6.60. The molecule has 0 saturated heterocycles. The van der Waals surface area contributed by atoms with Gasteiger partial charge in [0, 0.05) is 33.4 Å². The zero-order valence-corrected chi connectivity index (χ0v) is 20.4. The topological polar surface area (TPSA) is 105 Å². The van der Waals surface area contributed by atoms with Gasteiger partial charge < -0.3 is 10.1 Å². The highest BCUT2D eigenvalue weighted by Crippen LogP contribution is 2.27. The molecule has 0 aliphatic carbocycles. The van der Waals surface area contributed by atoms with Crippen LogP contribution in [0.4, 0.5) is 11.4 Å². The van der Waals surface area contributed by atoms with Gasteiger partial charge in [-0.3, -0.25) is 14.9 Å². The fourth-order valence-electron chi connectivity index (χ4n) is 2.73. The number of ether oxygens (including phenoxy) is 1. The predicted octanol–water partition coefficient (Wildman–Crippen LogP) is 6.63. The van der Waals surface area contributed by atoms with Crippen LogP contribution in [0.25, 0.3) is 6.08 Å². The standard InChI is InChI=1S/C23H14Cl2IN3O4/c24-17-6-5-15(20(25)10-17)13-33-22-7-4-14(9-21(22)26)8-16(12-27)23(30)28-18-2-1-3-19(11-18)29(31)32/h1-11H,13H2,(H,28,30)/b16-8+. The van der Waals surface area contributed by atoms with Crippen LogP contribution in [-0.2, 0) is 11.4 Å². The summed E-state index contributed by atoms with van der Waals surface area (Å²) in [5, 5.41) is 23.9. The molecule has 0 atom stereocenters. The number of carbonyl (C=O) groups excluding carboxylic acids is 1. The molecule has 33 heavy (non-hydrogen) atoms. The molecule has 0 aliphatic rings. The molecule has 7 nitrogen and oxygen atoms in total. The Morgan fingerprint density at radius 2 is 1.97 bits per heavy atom. The summed E-state index contributed by atoms with van der Waals surface area (Å²) in [6, 6.07) is 17.7. The van der Waals surface area contributed by atoms with Crippen molar-refractivity contribution in [1.29, 1.82) is 5.26 Å². The molecule has 0 fully saturated rings. The van der Waals surface area contributed by atoms with E-state index < -0.39 is 10.8 Å². The number of benzene rings is 3. The molecule has 0 bridgehead atoms. The zero-order valence-electron chi connectivity index (χ0n) is 16.7. The van der Waals surface area contributed by atoms with Crippen molar-refractivity contribution < 1.29 is 14.5 Å². The highest BCUT2D eigenvalue weighted by atomic mass is 127. The molecule has 0 aromatic heterocycles. The number of carbonyl (C=O) groups is 1. The molecule has 0 spiro atoms. The number of hydrogen-bond donors (Lipinski definition) is 1. The zero-order chi connectivity index (χ0) is 24.0. The molecule has 1 N–H and O–H groups in total. The van der Waals surface area contributed by atoms with Crippen molar-refractivity contribution in [3.05, 3.63) is 101 Å². The fourth-order valence-corrected chi connectivity index (χ4v) is 3.89. The Morgan fingerprint density at radius 3 is 2.64 bits per heavy atom. The van der Waals surface area contributed by atoms with Crippen LogP contribution in [0.5, 0.6) is 5.75 Å². The lowest BCUT2D eigenvalue weighted by molar-refractivity contribution is -0.384. The molecule has 0 unspecified atom stereocenters. The molecule has 0 radical (unpaired) electrons. The van der Waals surface area contributed by atoms with Crippen molar-refractivity contribution in [2.24, 2.45) is 0 Å². The van der Waals surface area contributed by atoms with E-state index in [0.717, 1.165) is 9.13 Å². The Bertz CT molecular complexity index is 1310. The monoisotopic (exact) mass is 593 g/mol. The van der Waals surface area contributed by atoms with Crippen LogP contribution in [0.3, 0.4) is 0 Å². The van der Waals surface area contributed by atoms with Gasteiger partial charge in [-0.1, -0.05) is 41.4 Å². The van der Waals surface area contributed by atoms with Crippen LogP contribution in [0.2, 0.25) is 10.0 Å². The summed E-state index contributed by atoms with van der Waals surface area (Å²) in [5.41, 5.74) is 1.29. The number of nitro groups is 1. The van der Waals surface area contributed by atoms with Gasteiger partial charge in [-0.2, -0.15) is 5.26 Å². The van der Waals surface area contributed by atoms with Gasteiger partial charge in [0.15, 0.2) is 0 Å². The lowest BCUT2D eigenvalue weighted by atomic mass is 10.1. The largest absolute Gasteiger partial charge is 0.488 e. The molecule has 0 aliphatic heterocycles. The van der Waals surface area contributed by atoms with Crippen molar-refractivity contribution in [1.82, 2.24) is 0 Å². The Labute approximate surface area is 212 Å². The third kappa shape index (κ3) is 6.68. The number of non-ortho nitro benzene ring substituents is 1. The van der Waals surface area contributed by atoms with Crippen LogP contribution in [0.15, 0.2) is 66.2 Å². The number of halogens is 3. The van der Waals surface area contributed by atoms with Gasteiger partial charge in [0.2, 0.25) is 0 Å². The van der Waals surface area contributed by atoms with Gasteiger partial charge in [0.05, 0.1) is 8.49 Å². The second kappa shape index (κ2) is 11.1. The van der Waals surface area contributed by atoms with E-state index in [1.807, 2.05) is 6.07 Å².